The Bertz CT molecular complexity index is 1110. The van der Waals surface area contributed by atoms with E-state index in [-0.39, 0.29) is 13.1 Å². The number of fused-ring (bicyclic) bond motifs is 1. The Kier molecular flexibility index (Phi) is 4.21. The topological polar surface area (TPSA) is 51.0 Å². The second kappa shape index (κ2) is 6.40. The number of nitrogens with zero attached hydrogens (tertiary/aromatic N) is 4. The summed E-state index contributed by atoms with van der Waals surface area (Å²) < 4.78 is 53.3. The van der Waals surface area contributed by atoms with Gasteiger partial charge in [0.25, 0.3) is 5.91 Å². The van der Waals surface area contributed by atoms with Gasteiger partial charge >= 0.3 is 6.18 Å². The van der Waals surface area contributed by atoms with Gasteiger partial charge in [0.2, 0.25) is 0 Å². The van der Waals surface area contributed by atoms with Crippen LogP contribution in [0.2, 0.25) is 0 Å². The molecule has 1 saturated heterocycles. The van der Waals surface area contributed by atoms with Gasteiger partial charge in [-0.25, -0.2) is 14.1 Å². The Morgan fingerprint density at radius 2 is 1.83 bits per heavy atom. The molecule has 5 nitrogen and oxygen atoms in total. The van der Waals surface area contributed by atoms with E-state index < -0.39 is 29.0 Å². The number of alkyl halides is 3. The van der Waals surface area contributed by atoms with Crippen molar-refractivity contribution in [2.45, 2.75) is 18.6 Å². The van der Waals surface area contributed by atoms with Gasteiger partial charge in [-0.2, -0.15) is 18.3 Å². The standard InChI is InChI=1S/C20H16F4N4O/c1-12(21)18(29)27-10-19(2,11-27)28-17-15(4-3-9-25-17)16(26-28)13-5-7-14(8-6-13)20(22,23)24/h3-9H,1,10-11H2,2H3. The van der Waals surface area contributed by atoms with Crippen molar-refractivity contribution in [2.75, 3.05) is 13.1 Å². The Balaban J connectivity index is 1.74. The highest BCUT2D eigenvalue weighted by atomic mass is 19.4. The van der Waals surface area contributed by atoms with Crippen LogP contribution in [0.5, 0.6) is 0 Å². The minimum Gasteiger partial charge on any atom is -0.332 e. The monoisotopic (exact) mass is 404 g/mol. The summed E-state index contributed by atoms with van der Waals surface area (Å²) in [5, 5.41) is 5.28. The zero-order valence-corrected chi connectivity index (χ0v) is 15.4. The number of halogens is 4. The zero-order valence-electron chi connectivity index (χ0n) is 15.4. The average molecular weight is 404 g/mol. The number of aromatic nitrogens is 3. The molecular formula is C20H16F4N4O. The molecule has 0 atom stereocenters. The molecule has 3 aromatic rings. The largest absolute Gasteiger partial charge is 0.416 e. The van der Waals surface area contributed by atoms with Gasteiger partial charge < -0.3 is 4.90 Å². The van der Waals surface area contributed by atoms with Crippen LogP contribution in [0.15, 0.2) is 55.0 Å². The lowest BCUT2D eigenvalue weighted by Gasteiger charge is -2.47. The van der Waals surface area contributed by atoms with Crippen molar-refractivity contribution in [3.63, 3.8) is 0 Å². The first-order valence-corrected chi connectivity index (χ1v) is 8.76. The summed E-state index contributed by atoms with van der Waals surface area (Å²) in [5.74, 6) is -1.80. The van der Waals surface area contributed by atoms with Gasteiger partial charge in [0.05, 0.1) is 11.1 Å². The lowest BCUT2D eigenvalue weighted by Crippen LogP contribution is -2.63. The van der Waals surface area contributed by atoms with Crippen molar-refractivity contribution in [3.05, 3.63) is 60.6 Å². The number of amides is 1. The van der Waals surface area contributed by atoms with Gasteiger partial charge in [0, 0.05) is 30.2 Å². The van der Waals surface area contributed by atoms with Gasteiger partial charge in [-0.15, -0.1) is 0 Å². The number of hydrogen-bond acceptors (Lipinski definition) is 3. The molecule has 29 heavy (non-hydrogen) atoms. The minimum atomic E-state index is -4.42. The molecule has 4 rings (SSSR count). The maximum Gasteiger partial charge on any atom is 0.416 e. The molecule has 1 fully saturated rings. The van der Waals surface area contributed by atoms with E-state index in [1.807, 2.05) is 6.92 Å². The Morgan fingerprint density at radius 1 is 1.17 bits per heavy atom. The molecule has 0 spiro atoms. The van der Waals surface area contributed by atoms with Crippen LogP contribution in [0.3, 0.4) is 0 Å². The molecule has 0 unspecified atom stereocenters. The number of hydrogen-bond donors (Lipinski definition) is 0. The molecule has 1 aliphatic rings. The smallest absolute Gasteiger partial charge is 0.332 e. The van der Waals surface area contributed by atoms with Crippen LogP contribution in [0.25, 0.3) is 22.3 Å². The molecule has 1 aliphatic heterocycles. The lowest BCUT2D eigenvalue weighted by atomic mass is 9.92. The Morgan fingerprint density at radius 3 is 2.41 bits per heavy atom. The summed E-state index contributed by atoms with van der Waals surface area (Å²) >= 11 is 0. The van der Waals surface area contributed by atoms with E-state index in [0.29, 0.717) is 22.3 Å². The highest BCUT2D eigenvalue weighted by Gasteiger charge is 2.45. The number of likely N-dealkylation sites (tertiary alicyclic amines) is 1. The van der Waals surface area contributed by atoms with Gasteiger partial charge in [-0.1, -0.05) is 18.7 Å². The predicted molar refractivity (Wildman–Crippen MR) is 98.4 cm³/mol. The van der Waals surface area contributed by atoms with Crippen molar-refractivity contribution in [1.29, 1.82) is 0 Å². The Labute approximate surface area is 163 Å². The van der Waals surface area contributed by atoms with Gasteiger partial charge in [-0.3, -0.25) is 4.79 Å². The van der Waals surface area contributed by atoms with Gasteiger partial charge in [-0.05, 0) is 31.2 Å². The van der Waals surface area contributed by atoms with Crippen molar-refractivity contribution < 1.29 is 22.4 Å². The molecule has 2 aromatic heterocycles. The predicted octanol–water partition coefficient (Wildman–Crippen LogP) is 4.16. The van der Waals surface area contributed by atoms with Crippen LogP contribution >= 0.6 is 0 Å². The number of carbonyl (C=O) groups excluding carboxylic acids is 1. The van der Waals surface area contributed by atoms with Gasteiger partial charge in [0.1, 0.15) is 5.69 Å². The fourth-order valence-electron chi connectivity index (χ4n) is 3.58. The summed E-state index contributed by atoms with van der Waals surface area (Å²) in [7, 11) is 0. The fourth-order valence-corrected chi connectivity index (χ4v) is 3.58. The van der Waals surface area contributed by atoms with Crippen molar-refractivity contribution in [2.24, 2.45) is 0 Å². The van der Waals surface area contributed by atoms with Crippen molar-refractivity contribution in [1.82, 2.24) is 19.7 Å². The van der Waals surface area contributed by atoms with Crippen LogP contribution in [0.1, 0.15) is 12.5 Å². The molecular weight excluding hydrogens is 388 g/mol. The summed E-state index contributed by atoms with van der Waals surface area (Å²) in [6.07, 6.45) is -2.83. The SMILES string of the molecule is C=C(F)C(=O)N1CC(C)(n2nc(-c3ccc(C(F)(F)F)cc3)c3cccnc32)C1. The van der Waals surface area contributed by atoms with E-state index in [4.69, 9.17) is 0 Å². The van der Waals surface area contributed by atoms with Gasteiger partial charge in [0.15, 0.2) is 11.5 Å². The minimum absolute atomic E-state index is 0.217. The van der Waals surface area contributed by atoms with Crippen LogP contribution in [-0.2, 0) is 16.5 Å². The summed E-state index contributed by atoms with van der Waals surface area (Å²) in [4.78, 5) is 17.4. The highest BCUT2D eigenvalue weighted by molar-refractivity contribution is 5.92. The molecule has 3 heterocycles. The van der Waals surface area contributed by atoms with E-state index in [0.717, 1.165) is 12.1 Å². The number of pyridine rings is 1. The number of benzene rings is 1. The van der Waals surface area contributed by atoms with Crippen LogP contribution in [-0.4, -0.2) is 38.7 Å². The first kappa shape index (κ1) is 19.1. The number of carbonyl (C=O) groups is 1. The average Bonchev–Trinajstić information content (AvgIpc) is 3.04. The van der Waals surface area contributed by atoms with Crippen LogP contribution in [0, 0.1) is 0 Å². The zero-order chi connectivity index (χ0) is 21.0. The highest BCUT2D eigenvalue weighted by Crippen LogP contribution is 2.36. The fraction of sp³-hybridized carbons (Fsp3) is 0.250. The first-order chi connectivity index (χ1) is 13.6. The molecule has 0 saturated carbocycles. The normalized spacial score (nSPS) is 16.0. The Hall–Kier alpha value is -3.23. The third kappa shape index (κ3) is 3.16. The van der Waals surface area contributed by atoms with Crippen LogP contribution in [0.4, 0.5) is 17.6 Å². The van der Waals surface area contributed by atoms with E-state index in [1.165, 1.54) is 17.0 Å². The van der Waals surface area contributed by atoms with Crippen molar-refractivity contribution >= 4 is 16.9 Å². The molecule has 0 bridgehead atoms. The second-order valence-electron chi connectivity index (χ2n) is 7.27. The van der Waals surface area contributed by atoms with E-state index in [2.05, 4.69) is 16.7 Å². The van der Waals surface area contributed by atoms with E-state index in [9.17, 15) is 22.4 Å². The molecule has 0 aliphatic carbocycles. The van der Waals surface area contributed by atoms with Crippen LogP contribution < -0.4 is 0 Å². The van der Waals surface area contributed by atoms with E-state index in [1.54, 1.807) is 23.0 Å². The number of rotatable bonds is 3. The first-order valence-electron chi connectivity index (χ1n) is 8.76. The summed E-state index contributed by atoms with van der Waals surface area (Å²) in [5.41, 5.74) is 0.179. The van der Waals surface area contributed by atoms with E-state index >= 15 is 0 Å². The third-order valence-electron chi connectivity index (χ3n) is 5.02. The quantitative estimate of drug-likeness (QED) is 0.487. The summed E-state index contributed by atoms with van der Waals surface area (Å²) in [6, 6.07) is 8.26. The van der Waals surface area contributed by atoms with Crippen molar-refractivity contribution in [3.8, 4) is 11.3 Å². The third-order valence-corrected chi connectivity index (χ3v) is 5.02. The lowest BCUT2D eigenvalue weighted by molar-refractivity contribution is -0.139. The molecule has 0 N–H and O–H groups in total. The second-order valence-corrected chi connectivity index (χ2v) is 7.27. The molecule has 150 valence electrons. The maximum absolute atomic E-state index is 13.1. The molecule has 0 radical (unpaired) electrons. The maximum atomic E-state index is 13.1. The summed E-state index contributed by atoms with van der Waals surface area (Å²) in [6.45, 7) is 5.31. The molecule has 1 aromatic carbocycles. The molecule has 1 amide bonds. The molecule has 9 heteroatoms.